The van der Waals surface area contributed by atoms with Crippen LogP contribution < -0.4 is 9.62 Å². The molecule has 6 nitrogen and oxygen atoms in total. The molecule has 2 aromatic rings. The summed E-state index contributed by atoms with van der Waals surface area (Å²) in [7, 11) is -3.64. The zero-order valence-electron chi connectivity index (χ0n) is 15.1. The molecule has 0 radical (unpaired) electrons. The van der Waals surface area contributed by atoms with Crippen molar-refractivity contribution in [1.29, 1.82) is 0 Å². The standard InChI is InChI=1S/C19H23N3O3S/c1-13(10-17-6-4-5-9-20-17)21-26(24,25)18-7-8-19-16(12-18)11-14(2)22(19)15(3)23/h4-9,12-14,21H,10-11H2,1-3H3. The fourth-order valence-corrected chi connectivity index (χ4v) is 4.76. The van der Waals surface area contributed by atoms with Crippen molar-refractivity contribution in [1.82, 2.24) is 9.71 Å². The monoisotopic (exact) mass is 373 g/mol. The molecule has 0 fully saturated rings. The summed E-state index contributed by atoms with van der Waals surface area (Å²) in [5.74, 6) is -0.0334. The maximum absolute atomic E-state index is 12.7. The number of carbonyl (C=O) groups excluding carboxylic acids is 1. The smallest absolute Gasteiger partial charge is 0.240 e. The summed E-state index contributed by atoms with van der Waals surface area (Å²) in [4.78, 5) is 18.0. The van der Waals surface area contributed by atoms with Gasteiger partial charge < -0.3 is 4.90 Å². The Hall–Kier alpha value is -2.25. The van der Waals surface area contributed by atoms with E-state index in [-0.39, 0.29) is 22.9 Å². The van der Waals surface area contributed by atoms with Crippen molar-refractivity contribution < 1.29 is 13.2 Å². The molecule has 0 spiro atoms. The Bertz CT molecular complexity index is 913. The lowest BCUT2D eigenvalue weighted by atomic mass is 10.1. The molecule has 2 unspecified atom stereocenters. The van der Waals surface area contributed by atoms with Gasteiger partial charge in [-0.15, -0.1) is 0 Å². The topological polar surface area (TPSA) is 79.4 Å². The molecule has 0 bridgehead atoms. The van der Waals surface area contributed by atoms with Gasteiger partial charge in [-0.05, 0) is 56.2 Å². The summed E-state index contributed by atoms with van der Waals surface area (Å²) in [6.07, 6.45) is 2.86. The molecule has 1 aromatic carbocycles. The Morgan fingerprint density at radius 3 is 2.77 bits per heavy atom. The number of benzene rings is 1. The van der Waals surface area contributed by atoms with Gasteiger partial charge in [0.1, 0.15) is 0 Å². The first-order valence-electron chi connectivity index (χ1n) is 8.63. The summed E-state index contributed by atoms with van der Waals surface area (Å²) in [5, 5.41) is 0. The summed E-state index contributed by atoms with van der Waals surface area (Å²) < 4.78 is 28.1. The highest BCUT2D eigenvalue weighted by molar-refractivity contribution is 7.89. The van der Waals surface area contributed by atoms with Crippen molar-refractivity contribution >= 4 is 21.6 Å². The Labute approximate surface area is 154 Å². The van der Waals surface area contributed by atoms with E-state index < -0.39 is 10.0 Å². The van der Waals surface area contributed by atoms with Crippen LogP contribution in [-0.2, 0) is 27.7 Å². The van der Waals surface area contributed by atoms with E-state index in [0.717, 1.165) is 16.9 Å². The third-order valence-corrected chi connectivity index (χ3v) is 6.10. The van der Waals surface area contributed by atoms with E-state index in [9.17, 15) is 13.2 Å². The van der Waals surface area contributed by atoms with Crippen LogP contribution in [0.3, 0.4) is 0 Å². The number of rotatable bonds is 5. The fourth-order valence-electron chi connectivity index (χ4n) is 3.46. The Balaban J connectivity index is 1.78. The molecule has 1 aliphatic rings. The van der Waals surface area contributed by atoms with Crippen molar-refractivity contribution in [3.8, 4) is 0 Å². The first-order chi connectivity index (χ1) is 12.3. The number of fused-ring (bicyclic) bond motifs is 1. The van der Waals surface area contributed by atoms with E-state index in [1.165, 1.54) is 6.92 Å². The minimum atomic E-state index is -3.64. The maximum atomic E-state index is 12.7. The molecule has 1 amide bonds. The fraction of sp³-hybridized carbons (Fsp3) is 0.368. The number of anilines is 1. The van der Waals surface area contributed by atoms with E-state index in [4.69, 9.17) is 0 Å². The number of hydrogen-bond acceptors (Lipinski definition) is 4. The van der Waals surface area contributed by atoms with Crippen molar-refractivity contribution in [3.63, 3.8) is 0 Å². The Morgan fingerprint density at radius 1 is 1.35 bits per heavy atom. The molecule has 1 N–H and O–H groups in total. The quantitative estimate of drug-likeness (QED) is 0.872. The van der Waals surface area contributed by atoms with Gasteiger partial charge in [0.25, 0.3) is 0 Å². The van der Waals surface area contributed by atoms with Crippen LogP contribution in [0.25, 0.3) is 0 Å². The third kappa shape index (κ3) is 3.78. The maximum Gasteiger partial charge on any atom is 0.240 e. The first kappa shape index (κ1) is 18.5. The van der Waals surface area contributed by atoms with Crippen LogP contribution in [0.5, 0.6) is 0 Å². The third-order valence-electron chi connectivity index (χ3n) is 4.51. The predicted molar refractivity (Wildman–Crippen MR) is 100 cm³/mol. The van der Waals surface area contributed by atoms with E-state index >= 15 is 0 Å². The number of nitrogens with zero attached hydrogens (tertiary/aromatic N) is 2. The van der Waals surface area contributed by atoms with Gasteiger partial charge in [0, 0.05) is 43.0 Å². The molecule has 7 heteroatoms. The molecule has 2 heterocycles. The van der Waals surface area contributed by atoms with Crippen molar-refractivity contribution in [3.05, 3.63) is 53.9 Å². The van der Waals surface area contributed by atoms with Crippen LogP contribution in [-0.4, -0.2) is 31.4 Å². The van der Waals surface area contributed by atoms with Crippen LogP contribution in [0.2, 0.25) is 0 Å². The molecule has 1 aliphatic heterocycles. The number of hydrogen-bond donors (Lipinski definition) is 1. The van der Waals surface area contributed by atoms with Crippen LogP contribution >= 0.6 is 0 Å². The van der Waals surface area contributed by atoms with E-state index in [0.29, 0.717) is 12.8 Å². The Morgan fingerprint density at radius 2 is 2.12 bits per heavy atom. The highest BCUT2D eigenvalue weighted by Gasteiger charge is 2.30. The minimum absolute atomic E-state index is 0.0334. The first-order valence-corrected chi connectivity index (χ1v) is 10.1. The van der Waals surface area contributed by atoms with Gasteiger partial charge in [0.2, 0.25) is 15.9 Å². The van der Waals surface area contributed by atoms with Gasteiger partial charge in [-0.3, -0.25) is 9.78 Å². The number of aromatic nitrogens is 1. The molecule has 0 saturated carbocycles. The summed E-state index contributed by atoms with van der Waals surface area (Å²) in [6.45, 7) is 5.30. The lowest BCUT2D eigenvalue weighted by Gasteiger charge is -2.20. The average Bonchev–Trinajstić information content (AvgIpc) is 2.90. The van der Waals surface area contributed by atoms with Gasteiger partial charge in [0.15, 0.2) is 0 Å². The average molecular weight is 373 g/mol. The number of carbonyl (C=O) groups is 1. The SMILES string of the molecule is CC(=O)N1c2ccc(S(=O)(=O)NC(C)Cc3ccccn3)cc2CC1C. The zero-order chi connectivity index (χ0) is 18.9. The second kappa shape index (κ2) is 7.17. The van der Waals surface area contributed by atoms with Gasteiger partial charge in [-0.1, -0.05) is 6.07 Å². The van der Waals surface area contributed by atoms with Gasteiger partial charge in [-0.2, -0.15) is 0 Å². The van der Waals surface area contributed by atoms with E-state index in [2.05, 4.69) is 9.71 Å². The van der Waals surface area contributed by atoms with Gasteiger partial charge >= 0.3 is 0 Å². The van der Waals surface area contributed by atoms with E-state index in [1.54, 1.807) is 29.3 Å². The van der Waals surface area contributed by atoms with E-state index in [1.807, 2.05) is 32.0 Å². The molecule has 3 rings (SSSR count). The number of amides is 1. The number of sulfonamides is 1. The van der Waals surface area contributed by atoms with Crippen molar-refractivity contribution in [2.45, 2.75) is 50.6 Å². The largest absolute Gasteiger partial charge is 0.309 e. The highest BCUT2D eigenvalue weighted by Crippen LogP contribution is 2.33. The summed E-state index contributed by atoms with van der Waals surface area (Å²) in [6, 6.07) is 10.3. The molecule has 2 atom stereocenters. The summed E-state index contributed by atoms with van der Waals surface area (Å²) >= 11 is 0. The highest BCUT2D eigenvalue weighted by atomic mass is 32.2. The molecular formula is C19H23N3O3S. The van der Waals surface area contributed by atoms with Crippen LogP contribution in [0.15, 0.2) is 47.5 Å². The van der Waals surface area contributed by atoms with Gasteiger partial charge in [0.05, 0.1) is 4.90 Å². The second-order valence-electron chi connectivity index (χ2n) is 6.78. The second-order valence-corrected chi connectivity index (χ2v) is 8.49. The zero-order valence-corrected chi connectivity index (χ0v) is 16.0. The molecule has 0 saturated heterocycles. The number of pyridine rings is 1. The Kier molecular flexibility index (Phi) is 5.11. The predicted octanol–water partition coefficient (Wildman–Crippen LogP) is 2.29. The van der Waals surface area contributed by atoms with Crippen LogP contribution in [0.1, 0.15) is 32.0 Å². The summed E-state index contributed by atoms with van der Waals surface area (Å²) in [5.41, 5.74) is 2.51. The van der Waals surface area contributed by atoms with Crippen molar-refractivity contribution in [2.24, 2.45) is 0 Å². The minimum Gasteiger partial charge on any atom is -0.309 e. The van der Waals surface area contributed by atoms with Crippen LogP contribution in [0.4, 0.5) is 5.69 Å². The van der Waals surface area contributed by atoms with Gasteiger partial charge in [-0.25, -0.2) is 13.1 Å². The molecule has 138 valence electrons. The molecule has 1 aromatic heterocycles. The van der Waals surface area contributed by atoms with Crippen LogP contribution in [0, 0.1) is 0 Å². The molecule has 0 aliphatic carbocycles. The lowest BCUT2D eigenvalue weighted by molar-refractivity contribution is -0.116. The normalized spacial score (nSPS) is 17.8. The number of nitrogens with one attached hydrogen (secondary N) is 1. The van der Waals surface area contributed by atoms with Crippen molar-refractivity contribution in [2.75, 3.05) is 4.90 Å². The molecule has 26 heavy (non-hydrogen) atoms. The molecular weight excluding hydrogens is 350 g/mol. The lowest BCUT2D eigenvalue weighted by Crippen LogP contribution is -2.34.